The molecule has 2 rings (SSSR count). The van der Waals surface area contributed by atoms with E-state index in [-0.39, 0.29) is 5.95 Å². The van der Waals surface area contributed by atoms with Gasteiger partial charge in [-0.1, -0.05) is 0 Å². The van der Waals surface area contributed by atoms with Crippen molar-refractivity contribution in [1.82, 2.24) is 19.9 Å². The Bertz CT molecular complexity index is 419. The van der Waals surface area contributed by atoms with Crippen molar-refractivity contribution < 1.29 is 0 Å². The number of nitrogen functional groups attached to an aromatic ring is 2. The minimum Gasteiger partial charge on any atom is -0.340 e. The summed E-state index contributed by atoms with van der Waals surface area (Å²) in [6.07, 6.45) is 1.50. The van der Waals surface area contributed by atoms with Gasteiger partial charge in [0.05, 0.1) is 6.33 Å². The van der Waals surface area contributed by atoms with Crippen LogP contribution in [0.5, 0.6) is 0 Å². The number of imidazole rings is 1. The van der Waals surface area contributed by atoms with Crippen LogP contribution in [0.25, 0.3) is 11.2 Å². The topological polar surface area (TPSA) is 131 Å². The number of aromatic amines is 1. The summed E-state index contributed by atoms with van der Waals surface area (Å²) in [6, 6.07) is 0. The van der Waals surface area contributed by atoms with Gasteiger partial charge in [0.2, 0.25) is 5.95 Å². The zero-order chi connectivity index (χ0) is 9.26. The molecule has 8 nitrogen and oxygen atoms in total. The summed E-state index contributed by atoms with van der Waals surface area (Å²) in [6.45, 7) is 0. The molecule has 2 aromatic heterocycles. The smallest absolute Gasteiger partial charge is 0.241 e. The largest absolute Gasteiger partial charge is 0.340 e. The number of fused-ring (bicyclic) bond motifs is 1. The second-order valence-electron chi connectivity index (χ2n) is 2.29. The first-order valence-corrected chi connectivity index (χ1v) is 3.49. The van der Waals surface area contributed by atoms with Gasteiger partial charge >= 0.3 is 0 Å². The van der Waals surface area contributed by atoms with Gasteiger partial charge in [-0.2, -0.15) is 9.97 Å². The molecule has 0 aliphatic carbocycles. The average Bonchev–Trinajstić information content (AvgIpc) is 2.63. The molecule has 0 amide bonds. The summed E-state index contributed by atoms with van der Waals surface area (Å²) < 4.78 is 0. The predicted molar refractivity (Wildman–Crippen MR) is 47.3 cm³/mol. The number of hydrogen-bond donors (Lipinski definition) is 5. The first-order valence-electron chi connectivity index (χ1n) is 3.49. The maximum absolute atomic E-state index is 5.24. The van der Waals surface area contributed by atoms with Crippen molar-refractivity contribution in [1.29, 1.82) is 0 Å². The summed E-state index contributed by atoms with van der Waals surface area (Å²) >= 11 is 0. The molecule has 0 radical (unpaired) electrons. The number of nitrogens with two attached hydrogens (primary N) is 2. The first kappa shape index (κ1) is 7.71. The molecule has 0 atom stereocenters. The molecule has 0 aliphatic rings. The summed E-state index contributed by atoms with van der Waals surface area (Å²) in [5.74, 6) is 11.1. The average molecular weight is 180 g/mol. The molecule has 2 heterocycles. The van der Waals surface area contributed by atoms with Crippen molar-refractivity contribution in [3.05, 3.63) is 6.33 Å². The standard InChI is InChI=1S/C5H8N8/c6-12-4-2-3(9-1-8-2)10-5(11-4)13-7/h1H,6-7H2,(H3,8,9,10,11,12,13). The second kappa shape index (κ2) is 2.84. The van der Waals surface area contributed by atoms with E-state index in [9.17, 15) is 0 Å². The molecule has 0 saturated carbocycles. The fourth-order valence-electron chi connectivity index (χ4n) is 1.00. The van der Waals surface area contributed by atoms with E-state index >= 15 is 0 Å². The van der Waals surface area contributed by atoms with E-state index in [4.69, 9.17) is 11.7 Å². The molecule has 0 bridgehead atoms. The minimum absolute atomic E-state index is 0.257. The van der Waals surface area contributed by atoms with E-state index < -0.39 is 0 Å². The van der Waals surface area contributed by atoms with Crippen LogP contribution in [0, 0.1) is 0 Å². The van der Waals surface area contributed by atoms with E-state index in [1.54, 1.807) is 0 Å². The third-order valence-electron chi connectivity index (χ3n) is 1.55. The highest BCUT2D eigenvalue weighted by Crippen LogP contribution is 2.16. The molecule has 0 saturated heterocycles. The Balaban J connectivity index is 2.70. The SMILES string of the molecule is NNc1nc(NN)c2[nH]cnc2n1. The molecular formula is C5H8N8. The lowest BCUT2D eigenvalue weighted by Crippen LogP contribution is -2.14. The van der Waals surface area contributed by atoms with E-state index in [1.165, 1.54) is 6.33 Å². The number of hydrogen-bond acceptors (Lipinski definition) is 7. The van der Waals surface area contributed by atoms with Crippen LogP contribution in [0.3, 0.4) is 0 Å². The normalized spacial score (nSPS) is 10.3. The molecule has 0 spiro atoms. The van der Waals surface area contributed by atoms with Gasteiger partial charge in [0.1, 0.15) is 5.52 Å². The molecule has 0 aromatic carbocycles. The Hall–Kier alpha value is -1.93. The quantitative estimate of drug-likeness (QED) is 0.293. The maximum atomic E-state index is 5.24. The number of nitrogens with one attached hydrogen (secondary N) is 3. The van der Waals surface area contributed by atoms with Crippen molar-refractivity contribution in [2.24, 2.45) is 11.7 Å². The van der Waals surface area contributed by atoms with Crippen molar-refractivity contribution in [2.45, 2.75) is 0 Å². The third kappa shape index (κ3) is 1.13. The fraction of sp³-hybridized carbons (Fsp3) is 0. The summed E-state index contributed by atoms with van der Waals surface area (Å²) in [7, 11) is 0. The van der Waals surface area contributed by atoms with Crippen molar-refractivity contribution in [2.75, 3.05) is 10.9 Å². The zero-order valence-corrected chi connectivity index (χ0v) is 6.57. The number of nitrogens with zero attached hydrogens (tertiary/aromatic N) is 3. The van der Waals surface area contributed by atoms with Crippen LogP contribution in [0.1, 0.15) is 0 Å². The Labute approximate surface area is 72.7 Å². The fourth-order valence-corrected chi connectivity index (χ4v) is 1.00. The highest BCUT2D eigenvalue weighted by Gasteiger charge is 2.07. The van der Waals surface area contributed by atoms with Crippen LogP contribution in [-0.2, 0) is 0 Å². The van der Waals surface area contributed by atoms with Crippen LogP contribution < -0.4 is 22.5 Å². The molecule has 0 aliphatic heterocycles. The Morgan fingerprint density at radius 1 is 1.23 bits per heavy atom. The predicted octanol–water partition coefficient (Wildman–Crippen LogP) is -1.08. The Morgan fingerprint density at radius 2 is 2.08 bits per heavy atom. The van der Waals surface area contributed by atoms with Crippen molar-refractivity contribution in [3.63, 3.8) is 0 Å². The lowest BCUT2D eigenvalue weighted by Gasteiger charge is -2.02. The van der Waals surface area contributed by atoms with E-state index in [1.807, 2.05) is 0 Å². The Morgan fingerprint density at radius 3 is 2.77 bits per heavy atom. The lowest BCUT2D eigenvalue weighted by atomic mass is 10.5. The summed E-state index contributed by atoms with van der Waals surface area (Å²) in [5, 5.41) is 0. The molecule has 0 unspecified atom stereocenters. The van der Waals surface area contributed by atoms with Gasteiger partial charge in [-0.3, -0.25) is 5.43 Å². The number of rotatable bonds is 2. The zero-order valence-electron chi connectivity index (χ0n) is 6.57. The van der Waals surface area contributed by atoms with Gasteiger partial charge in [0.15, 0.2) is 11.5 Å². The molecule has 13 heavy (non-hydrogen) atoms. The highest BCUT2D eigenvalue weighted by atomic mass is 15.3. The third-order valence-corrected chi connectivity index (χ3v) is 1.55. The highest BCUT2D eigenvalue weighted by molar-refractivity contribution is 5.83. The van der Waals surface area contributed by atoms with Crippen LogP contribution in [0.4, 0.5) is 11.8 Å². The van der Waals surface area contributed by atoms with Gasteiger partial charge < -0.3 is 10.4 Å². The van der Waals surface area contributed by atoms with E-state index in [2.05, 4.69) is 30.8 Å². The molecule has 8 heteroatoms. The maximum Gasteiger partial charge on any atom is 0.241 e. The molecular weight excluding hydrogens is 172 g/mol. The molecule has 68 valence electrons. The number of anilines is 2. The lowest BCUT2D eigenvalue weighted by molar-refractivity contribution is 1.12. The van der Waals surface area contributed by atoms with Crippen LogP contribution in [-0.4, -0.2) is 19.9 Å². The molecule has 7 N–H and O–H groups in total. The molecule has 0 fully saturated rings. The van der Waals surface area contributed by atoms with E-state index in [0.717, 1.165) is 0 Å². The van der Waals surface area contributed by atoms with Crippen LogP contribution >= 0.6 is 0 Å². The second-order valence-corrected chi connectivity index (χ2v) is 2.29. The first-order chi connectivity index (χ1) is 6.35. The van der Waals surface area contributed by atoms with Gasteiger partial charge in [0, 0.05) is 0 Å². The van der Waals surface area contributed by atoms with Crippen molar-refractivity contribution in [3.8, 4) is 0 Å². The van der Waals surface area contributed by atoms with Crippen LogP contribution in [0.15, 0.2) is 6.33 Å². The Kier molecular flexibility index (Phi) is 1.69. The summed E-state index contributed by atoms with van der Waals surface area (Å²) in [4.78, 5) is 14.7. The van der Waals surface area contributed by atoms with Gasteiger partial charge in [0.25, 0.3) is 0 Å². The monoisotopic (exact) mass is 180 g/mol. The number of aromatic nitrogens is 4. The number of hydrazine groups is 2. The van der Waals surface area contributed by atoms with Gasteiger partial charge in [-0.25, -0.2) is 16.7 Å². The van der Waals surface area contributed by atoms with Crippen molar-refractivity contribution >= 4 is 22.9 Å². The number of H-pyrrole nitrogens is 1. The van der Waals surface area contributed by atoms with Crippen LogP contribution in [0.2, 0.25) is 0 Å². The summed E-state index contributed by atoms with van der Waals surface area (Å²) in [5.41, 5.74) is 5.86. The van der Waals surface area contributed by atoms with E-state index in [0.29, 0.717) is 17.0 Å². The van der Waals surface area contributed by atoms with Gasteiger partial charge in [-0.05, 0) is 0 Å². The molecule has 2 aromatic rings. The minimum atomic E-state index is 0.257. The van der Waals surface area contributed by atoms with Gasteiger partial charge in [-0.15, -0.1) is 0 Å².